The van der Waals surface area contributed by atoms with Gasteiger partial charge >= 0.3 is 6.09 Å². The summed E-state index contributed by atoms with van der Waals surface area (Å²) in [7, 11) is 0.532. The van der Waals surface area contributed by atoms with Crippen LogP contribution in [0.1, 0.15) is 30.9 Å². The number of pyridine rings is 1. The predicted octanol–water partition coefficient (Wildman–Crippen LogP) is 3.54. The number of hydrogen-bond donors (Lipinski definition) is 3. The molecule has 1 amide bonds. The average Bonchev–Trinajstić information content (AvgIpc) is 3.27. The van der Waals surface area contributed by atoms with Crippen molar-refractivity contribution >= 4 is 25.7 Å². The van der Waals surface area contributed by atoms with E-state index in [-0.39, 0.29) is 17.5 Å². The third-order valence-electron chi connectivity index (χ3n) is 5.56. The van der Waals surface area contributed by atoms with Crippen molar-refractivity contribution in [2.45, 2.75) is 63.6 Å². The lowest BCUT2D eigenvalue weighted by molar-refractivity contribution is 0.0758. The molecule has 2 atom stereocenters. The highest BCUT2D eigenvalue weighted by molar-refractivity contribution is 6.76. The number of ether oxygens (including phenoxy) is 1. The maximum atomic E-state index is 11.6. The van der Waals surface area contributed by atoms with E-state index in [1.165, 1.54) is 10.6 Å². The van der Waals surface area contributed by atoms with Crippen molar-refractivity contribution in [1.29, 1.82) is 0 Å². The normalized spacial score (nSPS) is 18.8. The molecule has 2 aromatic heterocycles. The Morgan fingerprint density at radius 1 is 1.32 bits per heavy atom. The molecule has 0 spiro atoms. The molecule has 2 aromatic rings. The van der Waals surface area contributed by atoms with E-state index in [1.54, 1.807) is 19.3 Å². The molecule has 0 saturated heterocycles. The molecule has 31 heavy (non-hydrogen) atoms. The van der Waals surface area contributed by atoms with E-state index in [1.807, 2.05) is 10.7 Å². The number of anilines is 2. The number of carboxylic acid groups (broad SMARTS) is 1. The molecule has 0 aromatic carbocycles. The monoisotopic (exact) mass is 447 g/mol. The number of hydrogen-bond acceptors (Lipinski definition) is 5. The van der Waals surface area contributed by atoms with Crippen LogP contribution in [0.4, 0.5) is 16.3 Å². The first-order valence-corrected chi connectivity index (χ1v) is 14.4. The van der Waals surface area contributed by atoms with E-state index in [2.05, 4.69) is 35.4 Å². The van der Waals surface area contributed by atoms with Gasteiger partial charge in [0, 0.05) is 57.7 Å². The fourth-order valence-electron chi connectivity index (χ4n) is 3.83. The van der Waals surface area contributed by atoms with Crippen LogP contribution in [-0.2, 0) is 18.5 Å². The maximum Gasteiger partial charge on any atom is 0.404 e. The summed E-state index contributed by atoms with van der Waals surface area (Å²) in [6, 6.07) is 6.28. The SMILES string of the molecule is Cn1cc(Nc2cc(C3CCC(NC(=O)O)C3)n(COCC[Si](C)(C)C)n2)ccc1=O. The van der Waals surface area contributed by atoms with Crippen molar-refractivity contribution in [1.82, 2.24) is 19.7 Å². The second-order valence-electron chi connectivity index (χ2n) is 9.45. The van der Waals surface area contributed by atoms with Crippen LogP contribution in [0.3, 0.4) is 0 Å². The Kier molecular flexibility index (Phi) is 7.21. The summed E-state index contributed by atoms with van der Waals surface area (Å²) in [6.45, 7) is 8.02. The van der Waals surface area contributed by atoms with Crippen molar-refractivity contribution in [2.24, 2.45) is 7.05 Å². The molecule has 1 aliphatic carbocycles. The highest BCUT2D eigenvalue weighted by atomic mass is 28.3. The van der Waals surface area contributed by atoms with Gasteiger partial charge in [0.25, 0.3) is 0 Å². The van der Waals surface area contributed by atoms with Gasteiger partial charge in [-0.25, -0.2) is 9.48 Å². The highest BCUT2D eigenvalue weighted by Gasteiger charge is 2.30. The van der Waals surface area contributed by atoms with E-state index in [0.29, 0.717) is 19.2 Å². The summed E-state index contributed by atoms with van der Waals surface area (Å²) >= 11 is 0. The molecule has 2 heterocycles. The summed E-state index contributed by atoms with van der Waals surface area (Å²) in [5.41, 5.74) is 1.74. The van der Waals surface area contributed by atoms with Crippen LogP contribution in [0, 0.1) is 0 Å². The first-order chi connectivity index (χ1) is 14.6. The highest BCUT2D eigenvalue weighted by Crippen LogP contribution is 2.36. The minimum Gasteiger partial charge on any atom is -0.465 e. The largest absolute Gasteiger partial charge is 0.465 e. The lowest BCUT2D eigenvalue weighted by Crippen LogP contribution is -2.31. The molecule has 2 unspecified atom stereocenters. The van der Waals surface area contributed by atoms with Crippen LogP contribution in [0.2, 0.25) is 25.7 Å². The molecule has 10 heteroatoms. The Bertz CT molecular complexity index is 965. The zero-order valence-corrected chi connectivity index (χ0v) is 19.7. The summed E-state index contributed by atoms with van der Waals surface area (Å²) in [5.74, 6) is 0.887. The molecular formula is C21H33N5O4Si. The Morgan fingerprint density at radius 3 is 2.77 bits per heavy atom. The molecule has 1 saturated carbocycles. The summed E-state index contributed by atoms with van der Waals surface area (Å²) in [6.07, 6.45) is 3.19. The minimum absolute atomic E-state index is 0.0429. The fraction of sp³-hybridized carbons (Fsp3) is 0.571. The number of aromatic nitrogens is 3. The molecule has 170 valence electrons. The van der Waals surface area contributed by atoms with Crippen molar-refractivity contribution < 1.29 is 14.6 Å². The lowest BCUT2D eigenvalue weighted by atomic mass is 10.0. The Hall–Kier alpha value is -2.59. The summed E-state index contributed by atoms with van der Waals surface area (Å²) < 4.78 is 9.33. The van der Waals surface area contributed by atoms with Gasteiger partial charge in [0.05, 0.1) is 5.69 Å². The molecule has 9 nitrogen and oxygen atoms in total. The van der Waals surface area contributed by atoms with Gasteiger partial charge in [-0.15, -0.1) is 0 Å². The van der Waals surface area contributed by atoms with Crippen LogP contribution < -0.4 is 16.2 Å². The van der Waals surface area contributed by atoms with E-state index in [9.17, 15) is 9.59 Å². The number of aryl methyl sites for hydroxylation is 1. The number of nitrogens with zero attached hydrogens (tertiary/aromatic N) is 3. The van der Waals surface area contributed by atoms with Gasteiger partial charge in [-0.05, 0) is 31.4 Å². The predicted molar refractivity (Wildman–Crippen MR) is 123 cm³/mol. The van der Waals surface area contributed by atoms with Gasteiger partial charge < -0.3 is 25.0 Å². The second kappa shape index (κ2) is 9.69. The van der Waals surface area contributed by atoms with Crippen LogP contribution in [0.5, 0.6) is 0 Å². The Morgan fingerprint density at radius 2 is 2.10 bits per heavy atom. The minimum atomic E-state index is -1.17. The number of carbonyl (C=O) groups is 1. The van der Waals surface area contributed by atoms with E-state index < -0.39 is 14.2 Å². The zero-order chi connectivity index (χ0) is 22.6. The van der Waals surface area contributed by atoms with Gasteiger partial charge in [0.1, 0.15) is 6.73 Å². The molecule has 3 rings (SSSR count). The topological polar surface area (TPSA) is 110 Å². The average molecular weight is 448 g/mol. The lowest BCUT2D eigenvalue weighted by Gasteiger charge is -2.17. The molecule has 0 radical (unpaired) electrons. The van der Waals surface area contributed by atoms with E-state index in [0.717, 1.165) is 36.7 Å². The van der Waals surface area contributed by atoms with Crippen molar-refractivity contribution in [2.75, 3.05) is 11.9 Å². The quantitative estimate of drug-likeness (QED) is 0.401. The summed E-state index contributed by atoms with van der Waals surface area (Å²) in [5, 5.41) is 19.6. The number of rotatable bonds is 9. The first kappa shape index (κ1) is 23.1. The fourth-order valence-corrected chi connectivity index (χ4v) is 4.58. The van der Waals surface area contributed by atoms with Gasteiger partial charge in [0.2, 0.25) is 5.56 Å². The van der Waals surface area contributed by atoms with Crippen LogP contribution in [0.15, 0.2) is 29.2 Å². The second-order valence-corrected chi connectivity index (χ2v) is 15.1. The molecular weight excluding hydrogens is 414 g/mol. The number of nitrogens with one attached hydrogen (secondary N) is 2. The maximum absolute atomic E-state index is 11.6. The third kappa shape index (κ3) is 6.69. The third-order valence-corrected chi connectivity index (χ3v) is 7.26. The zero-order valence-electron chi connectivity index (χ0n) is 18.7. The number of amides is 1. The van der Waals surface area contributed by atoms with E-state index >= 15 is 0 Å². The molecule has 1 aliphatic rings. The van der Waals surface area contributed by atoms with Crippen molar-refractivity contribution in [3.63, 3.8) is 0 Å². The molecule has 1 fully saturated rings. The Labute approximate surface area is 183 Å². The molecule has 3 N–H and O–H groups in total. The Balaban J connectivity index is 1.75. The van der Waals surface area contributed by atoms with Crippen LogP contribution in [0.25, 0.3) is 0 Å². The standard InChI is InChI=1S/C21H33N5O4Si/c1-25-13-17(7-8-20(25)27)22-19-12-18(15-5-6-16(11-15)23-21(28)29)26(24-19)14-30-9-10-31(2,3)4/h7-8,12-13,15-16,23H,5-6,9-11,14H2,1-4H3,(H,22,24)(H,28,29). The van der Waals surface area contributed by atoms with Gasteiger partial charge in [-0.1, -0.05) is 19.6 Å². The van der Waals surface area contributed by atoms with Crippen LogP contribution in [-0.4, -0.2) is 46.3 Å². The first-order valence-electron chi connectivity index (χ1n) is 10.7. The molecule has 0 bridgehead atoms. The smallest absolute Gasteiger partial charge is 0.404 e. The van der Waals surface area contributed by atoms with Gasteiger partial charge in [0.15, 0.2) is 5.82 Å². The summed E-state index contributed by atoms with van der Waals surface area (Å²) in [4.78, 5) is 22.6. The van der Waals surface area contributed by atoms with Gasteiger partial charge in [-0.3, -0.25) is 4.79 Å². The van der Waals surface area contributed by atoms with Gasteiger partial charge in [-0.2, -0.15) is 5.10 Å². The van der Waals surface area contributed by atoms with Crippen LogP contribution >= 0.6 is 0 Å². The molecule has 0 aliphatic heterocycles. The van der Waals surface area contributed by atoms with E-state index in [4.69, 9.17) is 9.84 Å². The van der Waals surface area contributed by atoms with Crippen molar-refractivity contribution in [3.05, 3.63) is 40.4 Å². The van der Waals surface area contributed by atoms with Crippen molar-refractivity contribution in [3.8, 4) is 0 Å².